The molecule has 7 nitrogen and oxygen atoms in total. The van der Waals surface area contributed by atoms with Gasteiger partial charge in [0.25, 0.3) is 0 Å². The summed E-state index contributed by atoms with van der Waals surface area (Å²) in [5.74, 6) is 0. The van der Waals surface area contributed by atoms with Crippen molar-refractivity contribution in [2.24, 2.45) is 0 Å². The summed E-state index contributed by atoms with van der Waals surface area (Å²) in [6.45, 7) is 9.36. The van der Waals surface area contributed by atoms with Crippen molar-refractivity contribution in [1.82, 2.24) is 4.90 Å². The van der Waals surface area contributed by atoms with Gasteiger partial charge >= 0.3 is 0 Å². The smallest absolute Gasteiger partial charge is 0.0700 e. The number of ether oxygens (including phenoxy) is 6. The maximum atomic E-state index is 5.54. The lowest BCUT2D eigenvalue weighted by Crippen LogP contribution is -2.29. The molecule has 0 saturated heterocycles. The molecule has 0 aromatic heterocycles. The van der Waals surface area contributed by atoms with Gasteiger partial charge in [0.1, 0.15) is 0 Å². The topological polar surface area (TPSA) is 58.6 Å². The Morgan fingerprint density at radius 1 is 0.440 bits per heavy atom. The first-order chi connectivity index (χ1) is 12.3. The molecule has 0 atom stereocenters. The molecular weight excluding hydrogens is 326 g/mol. The van der Waals surface area contributed by atoms with Crippen LogP contribution in [0.4, 0.5) is 0 Å². The summed E-state index contributed by atoms with van der Waals surface area (Å²) in [4.78, 5) is 2.46. The van der Waals surface area contributed by atoms with Crippen molar-refractivity contribution >= 4 is 0 Å². The summed E-state index contributed by atoms with van der Waals surface area (Å²) in [7, 11) is 5.07. The lowest BCUT2D eigenvalue weighted by Gasteiger charge is -2.22. The van der Waals surface area contributed by atoms with Gasteiger partial charge in [0, 0.05) is 60.8 Å². The molecule has 0 N–H and O–H groups in total. The largest absolute Gasteiger partial charge is 0.382 e. The molecule has 0 spiro atoms. The molecule has 0 rings (SSSR count). The molecule has 0 amide bonds. The molecule has 0 fully saturated rings. The van der Waals surface area contributed by atoms with Gasteiger partial charge in [-0.15, -0.1) is 0 Å². The van der Waals surface area contributed by atoms with E-state index in [1.165, 1.54) is 0 Å². The molecule has 25 heavy (non-hydrogen) atoms. The predicted molar refractivity (Wildman–Crippen MR) is 98.4 cm³/mol. The van der Waals surface area contributed by atoms with E-state index in [-0.39, 0.29) is 0 Å². The average molecular weight is 366 g/mol. The van der Waals surface area contributed by atoms with Crippen molar-refractivity contribution in [2.45, 2.75) is 19.3 Å². The van der Waals surface area contributed by atoms with E-state index in [4.69, 9.17) is 28.4 Å². The lowest BCUT2D eigenvalue weighted by atomic mass is 10.3. The number of nitrogens with zero attached hydrogens (tertiary/aromatic N) is 1. The summed E-state index contributed by atoms with van der Waals surface area (Å²) in [6.07, 6.45) is 3.08. The van der Waals surface area contributed by atoms with Crippen LogP contribution in [0.5, 0.6) is 0 Å². The van der Waals surface area contributed by atoms with E-state index in [0.29, 0.717) is 39.6 Å². The van der Waals surface area contributed by atoms with E-state index in [1.807, 2.05) is 0 Å². The molecule has 152 valence electrons. The van der Waals surface area contributed by atoms with Crippen LogP contribution in [0.15, 0.2) is 0 Å². The maximum Gasteiger partial charge on any atom is 0.0700 e. The van der Waals surface area contributed by atoms with Crippen LogP contribution in [0.3, 0.4) is 0 Å². The van der Waals surface area contributed by atoms with Crippen LogP contribution in [0.25, 0.3) is 0 Å². The van der Waals surface area contributed by atoms with Crippen LogP contribution < -0.4 is 0 Å². The zero-order valence-corrected chi connectivity index (χ0v) is 16.5. The fourth-order valence-electron chi connectivity index (χ4n) is 2.24. The van der Waals surface area contributed by atoms with E-state index < -0.39 is 0 Å². The molecule has 0 radical (unpaired) electrons. The fraction of sp³-hybridized carbons (Fsp3) is 1.00. The first-order valence-corrected chi connectivity index (χ1v) is 9.27. The molecule has 0 aromatic carbocycles. The standard InChI is InChI=1S/C18H39NO6/c1-20-13-16-23-10-4-7-19(8-5-11-24-17-14-21-2)9-6-12-25-18-15-22-3/h4-18H2,1-3H3. The van der Waals surface area contributed by atoms with Crippen LogP contribution in [-0.4, -0.2) is 105 Å². The molecule has 0 aromatic rings. The molecule has 0 aliphatic carbocycles. The number of methoxy groups -OCH3 is 3. The van der Waals surface area contributed by atoms with E-state index in [1.54, 1.807) is 21.3 Å². The minimum absolute atomic E-state index is 0.654. The van der Waals surface area contributed by atoms with Gasteiger partial charge in [-0.3, -0.25) is 0 Å². The monoisotopic (exact) mass is 365 g/mol. The second-order valence-electron chi connectivity index (χ2n) is 5.72. The minimum atomic E-state index is 0.654. The second-order valence-corrected chi connectivity index (χ2v) is 5.72. The van der Waals surface area contributed by atoms with Crippen LogP contribution in [-0.2, 0) is 28.4 Å². The highest BCUT2D eigenvalue weighted by molar-refractivity contribution is 4.59. The Labute approximate surface area is 153 Å². The van der Waals surface area contributed by atoms with Crippen LogP contribution in [0.1, 0.15) is 19.3 Å². The Morgan fingerprint density at radius 3 is 1.04 bits per heavy atom. The van der Waals surface area contributed by atoms with E-state index in [0.717, 1.165) is 58.7 Å². The van der Waals surface area contributed by atoms with Crippen molar-refractivity contribution in [3.8, 4) is 0 Å². The Morgan fingerprint density at radius 2 is 0.760 bits per heavy atom. The first kappa shape index (κ1) is 24.7. The molecule has 0 heterocycles. The maximum absolute atomic E-state index is 5.54. The van der Waals surface area contributed by atoms with E-state index in [2.05, 4.69) is 4.90 Å². The number of hydrogen-bond donors (Lipinski definition) is 0. The Balaban J connectivity index is 3.76. The van der Waals surface area contributed by atoms with Crippen molar-refractivity contribution in [3.63, 3.8) is 0 Å². The third kappa shape index (κ3) is 19.9. The molecule has 0 aliphatic rings. The zero-order valence-electron chi connectivity index (χ0n) is 16.5. The van der Waals surface area contributed by atoms with Gasteiger partial charge in [-0.25, -0.2) is 0 Å². The molecule has 0 aliphatic heterocycles. The van der Waals surface area contributed by atoms with Gasteiger partial charge in [0.05, 0.1) is 39.6 Å². The minimum Gasteiger partial charge on any atom is -0.382 e. The normalized spacial score (nSPS) is 11.5. The average Bonchev–Trinajstić information content (AvgIpc) is 2.63. The Bertz CT molecular complexity index is 208. The Hall–Kier alpha value is -0.280. The van der Waals surface area contributed by atoms with Gasteiger partial charge in [0.2, 0.25) is 0 Å². The van der Waals surface area contributed by atoms with E-state index >= 15 is 0 Å². The molecule has 0 bridgehead atoms. The van der Waals surface area contributed by atoms with Gasteiger partial charge in [-0.2, -0.15) is 0 Å². The van der Waals surface area contributed by atoms with Crippen molar-refractivity contribution in [2.75, 3.05) is 100 Å². The molecule has 7 heteroatoms. The van der Waals surface area contributed by atoms with Crippen molar-refractivity contribution in [1.29, 1.82) is 0 Å². The van der Waals surface area contributed by atoms with Gasteiger partial charge in [-0.05, 0) is 19.3 Å². The quantitative estimate of drug-likeness (QED) is 0.285. The summed E-state index contributed by atoms with van der Waals surface area (Å²) in [5.41, 5.74) is 0. The molecule has 0 unspecified atom stereocenters. The zero-order chi connectivity index (χ0) is 18.4. The number of hydrogen-bond acceptors (Lipinski definition) is 7. The SMILES string of the molecule is COCCOCCCN(CCCOCCOC)CCCOCCOC. The second kappa shape index (κ2) is 21.8. The van der Waals surface area contributed by atoms with E-state index in [9.17, 15) is 0 Å². The van der Waals surface area contributed by atoms with Crippen LogP contribution in [0.2, 0.25) is 0 Å². The highest BCUT2D eigenvalue weighted by Gasteiger charge is 2.05. The first-order valence-electron chi connectivity index (χ1n) is 9.27. The number of rotatable bonds is 21. The van der Waals surface area contributed by atoms with Crippen LogP contribution in [0, 0.1) is 0 Å². The third-order valence-electron chi connectivity index (χ3n) is 3.58. The molecule has 0 saturated carbocycles. The summed E-state index contributed by atoms with van der Waals surface area (Å²) in [6, 6.07) is 0. The van der Waals surface area contributed by atoms with Gasteiger partial charge in [-0.1, -0.05) is 0 Å². The summed E-state index contributed by atoms with van der Waals surface area (Å²) in [5, 5.41) is 0. The lowest BCUT2D eigenvalue weighted by molar-refractivity contribution is 0.0533. The van der Waals surface area contributed by atoms with Gasteiger partial charge < -0.3 is 33.3 Å². The Kier molecular flexibility index (Phi) is 21.5. The highest BCUT2D eigenvalue weighted by atomic mass is 16.5. The summed E-state index contributed by atoms with van der Waals surface area (Å²) >= 11 is 0. The van der Waals surface area contributed by atoms with Gasteiger partial charge in [0.15, 0.2) is 0 Å². The molecular formula is C18H39NO6. The third-order valence-corrected chi connectivity index (χ3v) is 3.58. The highest BCUT2D eigenvalue weighted by Crippen LogP contribution is 1.99. The fourth-order valence-corrected chi connectivity index (χ4v) is 2.24. The predicted octanol–water partition coefficient (Wildman–Crippen LogP) is 1.45. The van der Waals surface area contributed by atoms with Crippen molar-refractivity contribution in [3.05, 3.63) is 0 Å². The van der Waals surface area contributed by atoms with Crippen molar-refractivity contribution < 1.29 is 28.4 Å². The summed E-state index contributed by atoms with van der Waals surface area (Å²) < 4.78 is 31.5. The van der Waals surface area contributed by atoms with Crippen LogP contribution >= 0.6 is 0 Å².